The summed E-state index contributed by atoms with van der Waals surface area (Å²) in [6, 6.07) is 20.8. The van der Waals surface area contributed by atoms with Gasteiger partial charge in [-0.25, -0.2) is 0 Å². The molecule has 8 heteroatoms. The average molecular weight is 497 g/mol. The molecule has 0 radical (unpaired) electrons. The minimum atomic E-state index is -0.731. The number of nitrogens with zero attached hydrogens (tertiary/aromatic N) is 1. The minimum Gasteiger partial charge on any atom is -0.508 e. The molecule has 4 aromatic rings. The van der Waals surface area contributed by atoms with E-state index in [2.05, 4.69) is 4.98 Å². The number of aryl methyl sites for hydroxylation is 1. The number of hydrogen-bond acceptors (Lipinski definition) is 6. The van der Waals surface area contributed by atoms with Gasteiger partial charge in [0.15, 0.2) is 0 Å². The van der Waals surface area contributed by atoms with E-state index >= 15 is 0 Å². The van der Waals surface area contributed by atoms with Crippen LogP contribution >= 0.6 is 0 Å². The third kappa shape index (κ3) is 5.05. The summed E-state index contributed by atoms with van der Waals surface area (Å²) in [4.78, 5) is 47.4. The van der Waals surface area contributed by atoms with Crippen LogP contribution < -0.4 is 0 Å². The van der Waals surface area contributed by atoms with E-state index in [0.29, 0.717) is 13.0 Å². The molecule has 1 atom stereocenters. The van der Waals surface area contributed by atoms with Crippen molar-refractivity contribution in [2.24, 2.45) is 0 Å². The number of Topliss-reactive ketones (excluding diaryl/α,β-unsaturated/α-hetero) is 1. The van der Waals surface area contributed by atoms with Gasteiger partial charge in [-0.1, -0.05) is 60.2 Å². The third-order valence-electron chi connectivity index (χ3n) is 6.35. The highest BCUT2D eigenvalue weighted by Gasteiger charge is 2.45. The number of rotatable bonds is 5. The number of aliphatic hydroxyl groups excluding tert-OH is 1. The molecule has 5 rings (SSSR count). The first kappa shape index (κ1) is 25.2. The van der Waals surface area contributed by atoms with Gasteiger partial charge < -0.3 is 20.1 Å². The summed E-state index contributed by atoms with van der Waals surface area (Å²) in [5, 5.41) is 22.0. The fourth-order valence-electron chi connectivity index (χ4n) is 4.59. The number of phenolic OH excluding ortho intramolecular Hbond substituents is 1. The van der Waals surface area contributed by atoms with Crippen LogP contribution in [0.15, 0.2) is 84.6 Å². The number of aliphatic hydroxyl groups is 1. The predicted octanol–water partition coefficient (Wildman–Crippen LogP) is 4.26. The van der Waals surface area contributed by atoms with E-state index in [1.54, 1.807) is 12.1 Å². The fourth-order valence-corrected chi connectivity index (χ4v) is 4.59. The predicted molar refractivity (Wildman–Crippen MR) is 135 cm³/mol. The van der Waals surface area contributed by atoms with Crippen LogP contribution in [0.5, 0.6) is 5.75 Å². The summed E-state index contributed by atoms with van der Waals surface area (Å²) in [6.45, 7) is 2.27. The topological polar surface area (TPSA) is 128 Å². The van der Waals surface area contributed by atoms with Gasteiger partial charge in [0.1, 0.15) is 11.5 Å². The number of fused-ring (bicyclic) bond motifs is 1. The molecule has 1 aliphatic rings. The minimum absolute atomic E-state index is 0.0263. The highest BCUT2D eigenvalue weighted by atomic mass is 16.3. The summed E-state index contributed by atoms with van der Waals surface area (Å²) in [7, 11) is 0. The Morgan fingerprint density at radius 2 is 1.70 bits per heavy atom. The zero-order valence-electron chi connectivity index (χ0n) is 20.0. The molecule has 1 aromatic heterocycles. The summed E-state index contributed by atoms with van der Waals surface area (Å²) < 4.78 is 0. The molecule has 1 unspecified atom stereocenters. The number of nitrogens with one attached hydrogen (secondary N) is 1. The van der Waals surface area contributed by atoms with E-state index in [9.17, 15) is 19.8 Å². The Hall–Kier alpha value is -4.94. The van der Waals surface area contributed by atoms with Crippen LogP contribution in [-0.4, -0.2) is 44.5 Å². The van der Waals surface area contributed by atoms with E-state index in [0.717, 1.165) is 27.6 Å². The van der Waals surface area contributed by atoms with E-state index in [-0.39, 0.29) is 28.8 Å². The van der Waals surface area contributed by atoms with Gasteiger partial charge in [0, 0.05) is 29.2 Å². The van der Waals surface area contributed by atoms with Crippen molar-refractivity contribution in [1.82, 2.24) is 9.88 Å². The summed E-state index contributed by atoms with van der Waals surface area (Å²) in [5.41, 5.74) is 4.16. The van der Waals surface area contributed by atoms with Crippen molar-refractivity contribution >= 4 is 34.5 Å². The van der Waals surface area contributed by atoms with Gasteiger partial charge in [-0.05, 0) is 42.7 Å². The molecule has 8 nitrogen and oxygen atoms in total. The zero-order chi connectivity index (χ0) is 26.5. The molecule has 3 N–H and O–H groups in total. The molecule has 1 aliphatic heterocycles. The van der Waals surface area contributed by atoms with Gasteiger partial charge in [-0.2, -0.15) is 9.59 Å². The van der Waals surface area contributed by atoms with Crippen molar-refractivity contribution in [2.45, 2.75) is 19.4 Å². The van der Waals surface area contributed by atoms with Gasteiger partial charge in [-0.15, -0.1) is 0 Å². The second kappa shape index (κ2) is 10.8. The van der Waals surface area contributed by atoms with Crippen molar-refractivity contribution in [1.29, 1.82) is 0 Å². The molecular weight excluding hydrogens is 472 g/mol. The molecule has 3 aromatic carbocycles. The number of likely N-dealkylation sites (tertiary alicyclic amines) is 1. The molecule has 0 bridgehead atoms. The fraction of sp³-hybridized carbons (Fsp3) is 0.138. The van der Waals surface area contributed by atoms with Crippen LogP contribution in [-0.2, 0) is 25.6 Å². The Labute approximate surface area is 212 Å². The maximum absolute atomic E-state index is 13.2. The van der Waals surface area contributed by atoms with E-state index in [1.165, 1.54) is 17.0 Å². The molecule has 1 amide bonds. The highest BCUT2D eigenvalue weighted by Crippen LogP contribution is 2.40. The number of amides is 1. The maximum Gasteiger partial charge on any atom is 0.373 e. The van der Waals surface area contributed by atoms with Crippen LogP contribution in [0.3, 0.4) is 0 Å². The summed E-state index contributed by atoms with van der Waals surface area (Å²) in [5.74, 6) is -1.71. The van der Waals surface area contributed by atoms with E-state index < -0.39 is 17.7 Å². The second-order valence-corrected chi connectivity index (χ2v) is 8.65. The Balaban J connectivity index is 0.00000102. The number of aromatic nitrogens is 1. The Bertz CT molecular complexity index is 1530. The highest BCUT2D eigenvalue weighted by molar-refractivity contribution is 6.46. The Kier molecular flexibility index (Phi) is 7.32. The molecular formula is C29H24N2O6. The van der Waals surface area contributed by atoms with Crippen molar-refractivity contribution < 1.29 is 29.4 Å². The quantitative estimate of drug-likeness (QED) is 0.215. The third-order valence-corrected chi connectivity index (χ3v) is 6.35. The van der Waals surface area contributed by atoms with Crippen LogP contribution in [0.4, 0.5) is 0 Å². The normalized spacial score (nSPS) is 16.4. The van der Waals surface area contributed by atoms with Gasteiger partial charge in [-0.3, -0.25) is 9.59 Å². The number of H-pyrrole nitrogens is 1. The van der Waals surface area contributed by atoms with Gasteiger partial charge in [0.05, 0.1) is 11.6 Å². The lowest BCUT2D eigenvalue weighted by Gasteiger charge is -2.25. The molecule has 0 saturated carbocycles. The SMILES string of the molecule is Cc1ccc(C2C(=C(O)c3cccc(O)c3)C(=O)C(=O)N2CCc2c[nH]c3ccccc23)cc1.O=C=O. The largest absolute Gasteiger partial charge is 0.508 e. The maximum atomic E-state index is 13.2. The van der Waals surface area contributed by atoms with Gasteiger partial charge in [0.2, 0.25) is 0 Å². The Morgan fingerprint density at radius 3 is 2.41 bits per heavy atom. The first-order chi connectivity index (χ1) is 17.8. The molecule has 186 valence electrons. The van der Waals surface area contributed by atoms with Crippen LogP contribution in [0.25, 0.3) is 16.7 Å². The average Bonchev–Trinajstić information content (AvgIpc) is 3.42. The zero-order valence-corrected chi connectivity index (χ0v) is 20.0. The number of phenols is 1. The number of hydrogen-bond donors (Lipinski definition) is 3. The molecule has 0 aliphatic carbocycles. The molecule has 1 fully saturated rings. The van der Waals surface area contributed by atoms with Crippen molar-refractivity contribution in [3.63, 3.8) is 0 Å². The Morgan fingerprint density at radius 1 is 1.00 bits per heavy atom. The van der Waals surface area contributed by atoms with Crippen LogP contribution in [0.2, 0.25) is 0 Å². The van der Waals surface area contributed by atoms with Crippen molar-refractivity contribution in [3.8, 4) is 5.75 Å². The number of ketones is 1. The standard InChI is InChI=1S/C28H24N2O4.CO2/c1-17-9-11-18(12-10-17)25-24(26(32)19-5-4-6-21(31)15-19)27(33)28(34)30(25)14-13-20-16-29-23-8-3-2-7-22(20)23;2-1-3/h2-12,15-16,25,29,31-32H,13-14H2,1H3;. The van der Waals surface area contributed by atoms with Gasteiger partial charge in [0.25, 0.3) is 11.7 Å². The number of carbonyl (C=O) groups is 2. The number of aromatic amines is 1. The summed E-state index contributed by atoms with van der Waals surface area (Å²) >= 11 is 0. The van der Waals surface area contributed by atoms with Gasteiger partial charge >= 0.3 is 6.15 Å². The first-order valence-electron chi connectivity index (χ1n) is 11.5. The number of aromatic hydroxyl groups is 1. The van der Waals surface area contributed by atoms with E-state index in [4.69, 9.17) is 9.59 Å². The molecule has 0 spiro atoms. The molecule has 2 heterocycles. The van der Waals surface area contributed by atoms with Crippen LogP contribution in [0, 0.1) is 6.92 Å². The number of carbonyl (C=O) groups excluding carboxylic acids is 4. The molecule has 1 saturated heterocycles. The smallest absolute Gasteiger partial charge is 0.373 e. The monoisotopic (exact) mass is 496 g/mol. The number of benzene rings is 3. The first-order valence-corrected chi connectivity index (χ1v) is 11.5. The van der Waals surface area contributed by atoms with Crippen molar-refractivity contribution in [3.05, 3.63) is 107 Å². The lowest BCUT2D eigenvalue weighted by Crippen LogP contribution is -2.31. The van der Waals surface area contributed by atoms with Crippen molar-refractivity contribution in [2.75, 3.05) is 6.54 Å². The summed E-state index contributed by atoms with van der Waals surface area (Å²) in [6.07, 6.45) is 2.72. The lowest BCUT2D eigenvalue weighted by atomic mass is 9.94. The van der Waals surface area contributed by atoms with E-state index in [1.807, 2.05) is 61.7 Å². The lowest BCUT2D eigenvalue weighted by molar-refractivity contribution is -0.191. The second-order valence-electron chi connectivity index (χ2n) is 8.65. The molecule has 37 heavy (non-hydrogen) atoms. The number of para-hydroxylation sites is 1. The van der Waals surface area contributed by atoms with Crippen LogP contribution in [0.1, 0.15) is 28.3 Å².